The van der Waals surface area contributed by atoms with Gasteiger partial charge in [-0.2, -0.15) is 5.10 Å². The molecule has 68 valence electrons. The second kappa shape index (κ2) is 2.85. The first-order chi connectivity index (χ1) is 5.52. The molecule has 5 nitrogen and oxygen atoms in total. The number of likely N-dealkylation sites (N-methyl/N-ethyl adjacent to an activating group) is 1. The van der Waals surface area contributed by atoms with E-state index < -0.39 is 11.5 Å². The number of nitrogens with two attached hydrogens (primary N) is 1. The molecule has 1 rings (SSSR count). The highest BCUT2D eigenvalue weighted by Crippen LogP contribution is 2.31. The molecule has 0 bridgehead atoms. The zero-order valence-electron chi connectivity index (χ0n) is 6.94. The third kappa shape index (κ3) is 1.12. The summed E-state index contributed by atoms with van der Waals surface area (Å²) in [5.74, 6) is 4.71. The van der Waals surface area contributed by atoms with Crippen molar-refractivity contribution in [1.29, 1.82) is 0 Å². The maximum absolute atomic E-state index is 10.8. The molecule has 0 spiro atoms. The van der Waals surface area contributed by atoms with Crippen molar-refractivity contribution in [1.82, 2.24) is 4.90 Å². The van der Waals surface area contributed by atoms with Crippen molar-refractivity contribution in [3.63, 3.8) is 0 Å². The summed E-state index contributed by atoms with van der Waals surface area (Å²) in [5.41, 5.74) is -0.872. The monoisotopic (exact) mass is 189 g/mol. The van der Waals surface area contributed by atoms with E-state index in [-0.39, 0.29) is 0 Å². The van der Waals surface area contributed by atoms with E-state index in [9.17, 15) is 4.79 Å². The van der Waals surface area contributed by atoms with Gasteiger partial charge in [0.25, 0.3) is 0 Å². The van der Waals surface area contributed by atoms with Crippen molar-refractivity contribution in [3.05, 3.63) is 0 Å². The van der Waals surface area contributed by atoms with Gasteiger partial charge in [0.15, 0.2) is 5.17 Å². The molecule has 12 heavy (non-hydrogen) atoms. The summed E-state index contributed by atoms with van der Waals surface area (Å²) in [6.45, 7) is 1.65. The smallest absolute Gasteiger partial charge is 0.330 e. The van der Waals surface area contributed by atoms with Crippen LogP contribution in [0, 0.1) is 0 Å². The standard InChI is InChI=1S/C6H11N3O2S/c1-6(4(10)11)3-12-5(8-7)9(6)2/h3,7H2,1-2H3,(H,10,11)/b8-5+. The van der Waals surface area contributed by atoms with E-state index in [0.29, 0.717) is 10.9 Å². The molecule has 0 aromatic heterocycles. The average Bonchev–Trinajstić information content (AvgIpc) is 2.31. The molecule has 3 N–H and O–H groups in total. The molecular formula is C6H11N3O2S. The Hall–Kier alpha value is -0.910. The first-order valence-corrected chi connectivity index (χ1v) is 4.39. The second-order valence-corrected chi connectivity index (χ2v) is 3.78. The largest absolute Gasteiger partial charge is 0.479 e. The first kappa shape index (κ1) is 9.18. The van der Waals surface area contributed by atoms with Crippen LogP contribution in [0.15, 0.2) is 5.10 Å². The Bertz CT molecular complexity index is 243. The maximum atomic E-state index is 10.8. The number of hydrogen-bond donors (Lipinski definition) is 2. The van der Waals surface area contributed by atoms with Crippen molar-refractivity contribution < 1.29 is 9.90 Å². The fraction of sp³-hybridized carbons (Fsp3) is 0.667. The van der Waals surface area contributed by atoms with Crippen LogP contribution in [-0.4, -0.2) is 39.5 Å². The number of carboxylic acids is 1. The number of hydrogen-bond acceptors (Lipinski definition) is 4. The summed E-state index contributed by atoms with van der Waals surface area (Å²) >= 11 is 1.36. The second-order valence-electron chi connectivity index (χ2n) is 2.84. The maximum Gasteiger partial charge on any atom is 0.330 e. The minimum Gasteiger partial charge on any atom is -0.479 e. The molecule has 1 unspecified atom stereocenters. The lowest BCUT2D eigenvalue weighted by Crippen LogP contribution is -2.49. The van der Waals surface area contributed by atoms with E-state index in [0.717, 1.165) is 0 Å². The Morgan fingerprint density at radius 3 is 2.75 bits per heavy atom. The van der Waals surface area contributed by atoms with Crippen LogP contribution >= 0.6 is 11.8 Å². The Morgan fingerprint density at radius 1 is 1.92 bits per heavy atom. The Balaban J connectivity index is 2.92. The van der Waals surface area contributed by atoms with Gasteiger partial charge in [-0.05, 0) is 6.92 Å². The fourth-order valence-electron chi connectivity index (χ4n) is 0.939. The summed E-state index contributed by atoms with van der Waals surface area (Å²) < 4.78 is 0. The lowest BCUT2D eigenvalue weighted by atomic mass is 10.1. The van der Waals surface area contributed by atoms with E-state index in [4.69, 9.17) is 10.9 Å². The number of rotatable bonds is 1. The Morgan fingerprint density at radius 2 is 2.50 bits per heavy atom. The number of hydrazone groups is 1. The van der Waals surface area contributed by atoms with E-state index in [1.165, 1.54) is 11.8 Å². The van der Waals surface area contributed by atoms with Crippen molar-refractivity contribution in [2.24, 2.45) is 10.9 Å². The molecule has 1 heterocycles. The molecule has 1 atom stereocenters. The minimum atomic E-state index is -0.872. The molecular weight excluding hydrogens is 178 g/mol. The van der Waals surface area contributed by atoms with Gasteiger partial charge in [0, 0.05) is 12.8 Å². The van der Waals surface area contributed by atoms with E-state index in [1.807, 2.05) is 0 Å². The van der Waals surface area contributed by atoms with Crippen LogP contribution in [0.1, 0.15) is 6.92 Å². The quantitative estimate of drug-likeness (QED) is 0.439. The zero-order chi connectivity index (χ0) is 9.35. The summed E-state index contributed by atoms with van der Waals surface area (Å²) in [4.78, 5) is 12.4. The van der Waals surface area contributed by atoms with Gasteiger partial charge in [-0.25, -0.2) is 4.79 Å². The summed E-state index contributed by atoms with van der Waals surface area (Å²) in [6.07, 6.45) is 0. The number of carbonyl (C=O) groups is 1. The predicted octanol–water partition coefficient (Wildman–Crippen LogP) is -0.262. The molecule has 0 amide bonds. The number of amidine groups is 1. The molecule has 6 heteroatoms. The Kier molecular flexibility index (Phi) is 2.18. The van der Waals surface area contributed by atoms with E-state index in [2.05, 4.69) is 5.10 Å². The molecule has 1 fully saturated rings. The average molecular weight is 189 g/mol. The van der Waals surface area contributed by atoms with Crippen LogP contribution in [0.2, 0.25) is 0 Å². The topological polar surface area (TPSA) is 78.9 Å². The van der Waals surface area contributed by atoms with Gasteiger partial charge in [-0.15, -0.1) is 0 Å². The summed E-state index contributed by atoms with van der Waals surface area (Å²) in [7, 11) is 1.68. The summed E-state index contributed by atoms with van der Waals surface area (Å²) in [5, 5.41) is 13.0. The van der Waals surface area contributed by atoms with E-state index >= 15 is 0 Å². The number of carboxylic acid groups (broad SMARTS) is 1. The first-order valence-electron chi connectivity index (χ1n) is 3.40. The van der Waals surface area contributed by atoms with Crippen LogP contribution in [0.4, 0.5) is 0 Å². The SMILES string of the molecule is CN1/C(=N\N)SCC1(C)C(=O)O. The molecule has 0 aromatic rings. The molecule has 1 saturated heterocycles. The van der Waals surface area contributed by atoms with Gasteiger partial charge >= 0.3 is 5.97 Å². The third-order valence-electron chi connectivity index (χ3n) is 2.08. The molecule has 0 aromatic carbocycles. The highest BCUT2D eigenvalue weighted by atomic mass is 32.2. The Labute approximate surface area is 74.6 Å². The van der Waals surface area contributed by atoms with Crippen molar-refractivity contribution >= 4 is 22.9 Å². The van der Waals surface area contributed by atoms with Gasteiger partial charge in [-0.1, -0.05) is 11.8 Å². The molecule has 0 radical (unpaired) electrons. The van der Waals surface area contributed by atoms with Gasteiger partial charge < -0.3 is 15.8 Å². The van der Waals surface area contributed by atoms with Crippen LogP contribution in [-0.2, 0) is 4.79 Å². The fourth-order valence-corrected chi connectivity index (χ4v) is 2.14. The number of thioether (sulfide) groups is 1. The van der Waals surface area contributed by atoms with Gasteiger partial charge in [-0.3, -0.25) is 0 Å². The molecule has 1 aliphatic rings. The van der Waals surface area contributed by atoms with Crippen molar-refractivity contribution in [2.75, 3.05) is 12.8 Å². The van der Waals surface area contributed by atoms with Crippen molar-refractivity contribution in [3.8, 4) is 0 Å². The minimum absolute atomic E-state index is 0.481. The number of nitrogens with zero attached hydrogens (tertiary/aromatic N) is 2. The van der Waals surface area contributed by atoms with Gasteiger partial charge in [0.05, 0.1) is 0 Å². The van der Waals surface area contributed by atoms with Crippen LogP contribution in [0.3, 0.4) is 0 Å². The van der Waals surface area contributed by atoms with E-state index in [1.54, 1.807) is 18.9 Å². The molecule has 1 aliphatic heterocycles. The zero-order valence-corrected chi connectivity index (χ0v) is 7.76. The third-order valence-corrected chi connectivity index (χ3v) is 3.42. The van der Waals surface area contributed by atoms with Crippen LogP contribution in [0.5, 0.6) is 0 Å². The lowest BCUT2D eigenvalue weighted by molar-refractivity contribution is -0.145. The van der Waals surface area contributed by atoms with Crippen molar-refractivity contribution in [2.45, 2.75) is 12.5 Å². The predicted molar refractivity (Wildman–Crippen MR) is 47.9 cm³/mol. The highest BCUT2D eigenvalue weighted by molar-refractivity contribution is 8.14. The molecule has 0 aliphatic carbocycles. The van der Waals surface area contributed by atoms with Gasteiger partial charge in [0.2, 0.25) is 0 Å². The normalized spacial score (nSPS) is 32.8. The highest BCUT2D eigenvalue weighted by Gasteiger charge is 2.45. The van der Waals surface area contributed by atoms with Crippen LogP contribution in [0.25, 0.3) is 0 Å². The van der Waals surface area contributed by atoms with Gasteiger partial charge in [0.1, 0.15) is 5.54 Å². The lowest BCUT2D eigenvalue weighted by Gasteiger charge is -2.27. The van der Waals surface area contributed by atoms with Crippen LogP contribution < -0.4 is 5.84 Å². The number of aliphatic carboxylic acids is 1. The summed E-state index contributed by atoms with van der Waals surface area (Å²) in [6, 6.07) is 0. The molecule has 0 saturated carbocycles.